The molecule has 0 fully saturated rings. The van der Waals surface area contributed by atoms with Crippen molar-refractivity contribution in [1.29, 1.82) is 0 Å². The van der Waals surface area contributed by atoms with Gasteiger partial charge < -0.3 is 0 Å². The minimum absolute atomic E-state index is 0.0237. The average Bonchev–Trinajstić information content (AvgIpc) is 2.51. The number of aromatic nitrogens is 1. The van der Waals surface area contributed by atoms with Crippen LogP contribution in [-0.4, -0.2) is 17.0 Å². The Morgan fingerprint density at radius 3 is 2.30 bits per heavy atom. The second-order valence-electron chi connectivity index (χ2n) is 5.66. The van der Waals surface area contributed by atoms with E-state index in [1.165, 1.54) is 17.5 Å². The lowest BCUT2D eigenvalue weighted by atomic mass is 10.00. The molecule has 0 unspecified atom stereocenters. The zero-order valence-corrected chi connectivity index (χ0v) is 15.2. The molecule has 0 saturated heterocycles. The largest absolute Gasteiger partial charge is 0.274 e. The molecule has 3 nitrogen and oxygen atoms in total. The summed E-state index contributed by atoms with van der Waals surface area (Å²) in [5.41, 5.74) is 5.31. The van der Waals surface area contributed by atoms with Gasteiger partial charge in [0.15, 0.2) is 0 Å². The van der Waals surface area contributed by atoms with Crippen molar-refractivity contribution in [3.8, 4) is 11.1 Å². The van der Waals surface area contributed by atoms with E-state index in [1.54, 1.807) is 11.5 Å². The fraction of sp³-hybridized carbons (Fsp3) is 0.400. The van der Waals surface area contributed by atoms with Crippen LogP contribution in [0.3, 0.4) is 0 Å². The minimum Gasteiger partial charge on any atom is -0.274 e. The molecule has 2 rings (SSSR count). The third-order valence-corrected chi connectivity index (χ3v) is 3.29. The Kier molecular flexibility index (Phi) is 7.46. The quantitative estimate of drug-likeness (QED) is 0.786. The molecule has 23 heavy (non-hydrogen) atoms. The van der Waals surface area contributed by atoms with Crippen LogP contribution in [0.1, 0.15) is 50.0 Å². The van der Waals surface area contributed by atoms with Gasteiger partial charge in [-0.15, -0.1) is 0 Å². The molecule has 0 spiro atoms. The molecule has 1 aromatic carbocycles. The van der Waals surface area contributed by atoms with Crippen molar-refractivity contribution in [3.63, 3.8) is 0 Å². The van der Waals surface area contributed by atoms with E-state index in [0.717, 1.165) is 11.1 Å². The zero-order chi connectivity index (χ0) is 17.4. The third kappa shape index (κ3) is 5.20. The van der Waals surface area contributed by atoms with Crippen molar-refractivity contribution in [3.05, 3.63) is 53.1 Å². The summed E-state index contributed by atoms with van der Waals surface area (Å²) in [5.74, 6) is -0.0237. The van der Waals surface area contributed by atoms with E-state index in [2.05, 4.69) is 50.9 Å². The number of nitrogens with zero attached hydrogens (tertiary/aromatic N) is 2. The molecule has 0 aliphatic rings. The molecule has 0 aliphatic carbocycles. The standard InChI is InChI=1S/C17H20N2O.C3H8/c1-5-18-17-9-8-15(11-19(17)14(4)20)16-10-12(2)6-7-13(16)3;1-3-2/h6-11H,5H2,1-4H3;3H2,1-2H3. The number of carbonyl (C=O) groups excluding carboxylic acids is 1. The highest BCUT2D eigenvalue weighted by Gasteiger charge is 2.06. The van der Waals surface area contributed by atoms with Crippen molar-refractivity contribution < 1.29 is 4.79 Å². The van der Waals surface area contributed by atoms with Gasteiger partial charge in [-0.2, -0.15) is 0 Å². The predicted octanol–water partition coefficient (Wildman–Crippen LogP) is 4.77. The monoisotopic (exact) mass is 312 g/mol. The number of hydrogen-bond donors (Lipinski definition) is 0. The third-order valence-electron chi connectivity index (χ3n) is 3.29. The molecule has 0 N–H and O–H groups in total. The number of benzene rings is 1. The van der Waals surface area contributed by atoms with Crippen LogP contribution < -0.4 is 5.49 Å². The van der Waals surface area contributed by atoms with Gasteiger partial charge in [0.25, 0.3) is 0 Å². The van der Waals surface area contributed by atoms with Crippen LogP contribution in [0, 0.1) is 13.8 Å². The lowest BCUT2D eigenvalue weighted by molar-refractivity contribution is 0.0931. The summed E-state index contributed by atoms with van der Waals surface area (Å²) < 4.78 is 1.61. The molecule has 124 valence electrons. The molecular weight excluding hydrogens is 284 g/mol. The first kappa shape index (κ1) is 18.9. The molecule has 0 aliphatic heterocycles. The molecule has 0 saturated carbocycles. The molecule has 0 radical (unpaired) electrons. The normalized spacial score (nSPS) is 11.0. The van der Waals surface area contributed by atoms with E-state index in [9.17, 15) is 4.79 Å². The van der Waals surface area contributed by atoms with Crippen LogP contribution in [0.2, 0.25) is 0 Å². The number of hydrogen-bond acceptors (Lipinski definition) is 2. The topological polar surface area (TPSA) is 34.4 Å². The maximum absolute atomic E-state index is 11.8. The second-order valence-corrected chi connectivity index (χ2v) is 5.66. The highest BCUT2D eigenvalue weighted by Crippen LogP contribution is 2.23. The van der Waals surface area contributed by atoms with Gasteiger partial charge in [-0.3, -0.25) is 14.4 Å². The lowest BCUT2D eigenvalue weighted by Crippen LogP contribution is -2.25. The molecular formula is C20H28N2O. The Hall–Kier alpha value is -2.16. The maximum Gasteiger partial charge on any atom is 0.229 e. The lowest BCUT2D eigenvalue weighted by Gasteiger charge is -2.10. The van der Waals surface area contributed by atoms with Crippen molar-refractivity contribution in [2.45, 2.75) is 48.0 Å². The molecule has 0 bridgehead atoms. The van der Waals surface area contributed by atoms with Gasteiger partial charge in [0, 0.05) is 19.7 Å². The Morgan fingerprint density at radius 2 is 1.74 bits per heavy atom. The van der Waals surface area contributed by atoms with Gasteiger partial charge >= 0.3 is 0 Å². The first-order valence-corrected chi connectivity index (χ1v) is 8.26. The molecule has 1 heterocycles. The van der Waals surface area contributed by atoms with Gasteiger partial charge in [0.2, 0.25) is 5.91 Å². The highest BCUT2D eigenvalue weighted by atomic mass is 16.1. The first-order valence-electron chi connectivity index (χ1n) is 8.26. The summed E-state index contributed by atoms with van der Waals surface area (Å²) in [6.45, 7) is 12.6. The Morgan fingerprint density at radius 1 is 1.09 bits per heavy atom. The van der Waals surface area contributed by atoms with Crippen molar-refractivity contribution >= 4 is 5.91 Å². The Balaban J connectivity index is 0.000000816. The van der Waals surface area contributed by atoms with E-state index in [1.807, 2.05) is 25.3 Å². The van der Waals surface area contributed by atoms with Gasteiger partial charge in [-0.1, -0.05) is 44.0 Å². The fourth-order valence-corrected chi connectivity index (χ4v) is 2.24. The van der Waals surface area contributed by atoms with E-state index < -0.39 is 0 Å². The molecule has 0 atom stereocenters. The summed E-state index contributed by atoms with van der Waals surface area (Å²) in [7, 11) is 0. The zero-order valence-electron chi connectivity index (χ0n) is 15.2. The fourth-order valence-electron chi connectivity index (χ4n) is 2.24. The van der Waals surface area contributed by atoms with Crippen LogP contribution in [0.4, 0.5) is 0 Å². The van der Waals surface area contributed by atoms with Gasteiger partial charge in [-0.05, 0) is 49.6 Å². The minimum atomic E-state index is -0.0237. The summed E-state index contributed by atoms with van der Waals surface area (Å²) in [4.78, 5) is 16.1. The van der Waals surface area contributed by atoms with Crippen LogP contribution in [0.5, 0.6) is 0 Å². The van der Waals surface area contributed by atoms with Gasteiger partial charge in [0.05, 0.1) is 0 Å². The van der Waals surface area contributed by atoms with Crippen molar-refractivity contribution in [1.82, 2.24) is 4.57 Å². The molecule has 0 amide bonds. The second kappa shape index (κ2) is 9.09. The van der Waals surface area contributed by atoms with E-state index in [4.69, 9.17) is 0 Å². The number of carbonyl (C=O) groups is 1. The van der Waals surface area contributed by atoms with E-state index in [0.29, 0.717) is 12.0 Å². The smallest absolute Gasteiger partial charge is 0.229 e. The van der Waals surface area contributed by atoms with Crippen LogP contribution >= 0.6 is 0 Å². The summed E-state index contributed by atoms with van der Waals surface area (Å²) in [5, 5.41) is 0. The number of rotatable bonds is 2. The van der Waals surface area contributed by atoms with Crippen molar-refractivity contribution in [2.24, 2.45) is 4.99 Å². The SMILES string of the molecule is CCC.CCN=c1ccc(-c2cc(C)ccc2C)cn1C(C)=O. The summed E-state index contributed by atoms with van der Waals surface area (Å²) >= 11 is 0. The molecule has 1 aromatic heterocycles. The van der Waals surface area contributed by atoms with Crippen LogP contribution in [-0.2, 0) is 0 Å². The molecule has 2 aromatic rings. The van der Waals surface area contributed by atoms with Crippen LogP contribution in [0.25, 0.3) is 11.1 Å². The first-order chi connectivity index (χ1) is 10.9. The maximum atomic E-state index is 11.8. The predicted molar refractivity (Wildman–Crippen MR) is 97.7 cm³/mol. The van der Waals surface area contributed by atoms with Gasteiger partial charge in [-0.25, -0.2) is 0 Å². The summed E-state index contributed by atoms with van der Waals surface area (Å²) in [6.07, 6.45) is 3.12. The number of pyridine rings is 1. The van der Waals surface area contributed by atoms with Crippen molar-refractivity contribution in [2.75, 3.05) is 6.54 Å². The van der Waals surface area contributed by atoms with E-state index >= 15 is 0 Å². The Bertz CT molecular complexity index is 727. The van der Waals surface area contributed by atoms with Gasteiger partial charge in [0.1, 0.15) is 5.49 Å². The summed E-state index contributed by atoms with van der Waals surface area (Å²) in [6, 6.07) is 10.3. The average molecular weight is 312 g/mol. The molecule has 3 heteroatoms. The number of aryl methyl sites for hydroxylation is 2. The highest BCUT2D eigenvalue weighted by molar-refractivity contribution is 5.78. The Labute approximate surface area is 139 Å². The van der Waals surface area contributed by atoms with Crippen LogP contribution in [0.15, 0.2) is 41.5 Å². The van der Waals surface area contributed by atoms with E-state index in [-0.39, 0.29) is 5.91 Å².